The van der Waals surface area contributed by atoms with Crippen molar-refractivity contribution in [3.63, 3.8) is 0 Å². The molecule has 2 bridgehead atoms. The van der Waals surface area contributed by atoms with E-state index in [1.165, 1.54) is 12.5 Å². The van der Waals surface area contributed by atoms with E-state index in [9.17, 15) is 4.79 Å². The fourth-order valence-corrected chi connectivity index (χ4v) is 5.85. The summed E-state index contributed by atoms with van der Waals surface area (Å²) >= 11 is 0. The van der Waals surface area contributed by atoms with E-state index in [0.29, 0.717) is 13.2 Å². The van der Waals surface area contributed by atoms with Crippen LogP contribution in [0.4, 0.5) is 0 Å². The Labute approximate surface area is 197 Å². The van der Waals surface area contributed by atoms with Gasteiger partial charge >= 0.3 is 0 Å². The Hall–Kier alpha value is -3.04. The summed E-state index contributed by atoms with van der Waals surface area (Å²) in [6, 6.07) is 6.02. The predicted molar refractivity (Wildman–Crippen MR) is 123 cm³/mol. The number of aromatic nitrogens is 4. The summed E-state index contributed by atoms with van der Waals surface area (Å²) in [5.74, 6) is 0.715. The van der Waals surface area contributed by atoms with Gasteiger partial charge in [-0.3, -0.25) is 9.78 Å². The first-order chi connectivity index (χ1) is 16.4. The number of fused-ring (bicyclic) bond motifs is 4. The molecule has 3 fully saturated rings. The van der Waals surface area contributed by atoms with E-state index in [2.05, 4.69) is 33.6 Å². The van der Waals surface area contributed by atoms with Crippen LogP contribution in [-0.4, -0.2) is 50.7 Å². The molecule has 4 aliphatic rings. The summed E-state index contributed by atoms with van der Waals surface area (Å²) in [5, 5.41) is 12.9. The maximum Gasteiger partial charge on any atom is 0.216 e. The maximum absolute atomic E-state index is 11.4. The molecule has 1 N–H and O–H groups in total. The van der Waals surface area contributed by atoms with Crippen LogP contribution < -0.4 is 10.1 Å². The maximum atomic E-state index is 11.4. The second-order valence-corrected chi connectivity index (χ2v) is 10.0. The highest BCUT2D eigenvalue weighted by Crippen LogP contribution is 2.59. The number of carbonyl (C=O) groups excluding carboxylic acids is 1. The van der Waals surface area contributed by atoms with Crippen molar-refractivity contribution in [1.82, 2.24) is 25.3 Å². The van der Waals surface area contributed by atoms with Gasteiger partial charge in [-0.1, -0.05) is 5.21 Å². The van der Waals surface area contributed by atoms with Crippen LogP contribution in [0.15, 0.2) is 30.6 Å². The Bertz CT molecular complexity index is 1270. The number of hydrogen-bond acceptors (Lipinski definition) is 7. The number of benzene rings is 1. The van der Waals surface area contributed by atoms with Gasteiger partial charge in [0.25, 0.3) is 0 Å². The zero-order valence-corrected chi connectivity index (χ0v) is 19.7. The number of ether oxygens (including phenoxy) is 3. The molecule has 34 heavy (non-hydrogen) atoms. The van der Waals surface area contributed by atoms with E-state index in [0.717, 1.165) is 53.8 Å². The van der Waals surface area contributed by atoms with Crippen molar-refractivity contribution >= 4 is 16.8 Å². The Kier molecular flexibility index (Phi) is 4.90. The van der Waals surface area contributed by atoms with E-state index < -0.39 is 0 Å². The molecule has 3 aliphatic heterocycles. The molecule has 3 aromatic rings. The molecule has 2 atom stereocenters. The summed E-state index contributed by atoms with van der Waals surface area (Å²) in [5.41, 5.74) is 3.71. The molecule has 9 nitrogen and oxygen atoms in total. The van der Waals surface area contributed by atoms with Gasteiger partial charge in [0.2, 0.25) is 5.91 Å². The molecular weight excluding hydrogens is 434 g/mol. The van der Waals surface area contributed by atoms with E-state index in [4.69, 9.17) is 14.2 Å². The Morgan fingerprint density at radius 3 is 3.06 bits per heavy atom. The minimum Gasteiger partial charge on any atom is -0.484 e. The predicted octanol–water partition coefficient (Wildman–Crippen LogP) is 2.82. The van der Waals surface area contributed by atoms with Gasteiger partial charge in [-0.25, -0.2) is 4.68 Å². The number of hydrogen-bond donors (Lipinski definition) is 1. The number of amides is 1. The van der Waals surface area contributed by atoms with Gasteiger partial charge in [-0.05, 0) is 49.6 Å². The van der Waals surface area contributed by atoms with Crippen LogP contribution in [0, 0.1) is 0 Å². The molecule has 1 aliphatic carbocycles. The highest BCUT2D eigenvalue weighted by atomic mass is 16.5. The van der Waals surface area contributed by atoms with Gasteiger partial charge < -0.3 is 19.5 Å². The second kappa shape index (κ2) is 7.74. The molecule has 2 saturated heterocycles. The third-order valence-electron chi connectivity index (χ3n) is 7.41. The molecule has 2 aromatic heterocycles. The molecule has 1 unspecified atom stereocenters. The molecule has 0 radical (unpaired) electrons. The first-order valence-electron chi connectivity index (χ1n) is 11.9. The number of pyridine rings is 1. The van der Waals surface area contributed by atoms with Crippen LogP contribution in [0.1, 0.15) is 56.5 Å². The van der Waals surface area contributed by atoms with Crippen molar-refractivity contribution in [2.45, 2.75) is 70.0 Å². The standard InChI is InChI=1S/C25H29N5O4/c1-15(33-18-4-5-21-20(8-18)19-6-7-32-12-17(19)9-27-21)22-11-30(29-28-22)25-13-24(3,14-25)34-23(25)10-26-16(2)31/h4-5,8-9,11,15,23H,6-7,10,12-14H2,1-3H3,(H,26,31)/t15-,23?,24?,25?/m1/s1. The lowest BCUT2D eigenvalue weighted by Gasteiger charge is -2.43. The minimum absolute atomic E-state index is 0.0614. The normalized spacial score (nSPS) is 28.3. The summed E-state index contributed by atoms with van der Waals surface area (Å²) in [6.07, 6.45) is 6.06. The van der Waals surface area contributed by atoms with Crippen molar-refractivity contribution < 1.29 is 19.0 Å². The Morgan fingerprint density at radius 1 is 1.38 bits per heavy atom. The highest BCUT2D eigenvalue weighted by molar-refractivity contribution is 5.84. The molecule has 178 valence electrons. The summed E-state index contributed by atoms with van der Waals surface area (Å²) < 4.78 is 20.0. The van der Waals surface area contributed by atoms with Crippen LogP contribution in [0.2, 0.25) is 0 Å². The lowest BCUT2D eigenvalue weighted by Crippen LogP contribution is -2.53. The number of nitrogens with zero attached hydrogens (tertiary/aromatic N) is 4. The molecule has 1 aromatic carbocycles. The molecule has 9 heteroatoms. The van der Waals surface area contributed by atoms with E-state index >= 15 is 0 Å². The topological polar surface area (TPSA) is 100 Å². The van der Waals surface area contributed by atoms with Crippen molar-refractivity contribution in [2.75, 3.05) is 13.2 Å². The number of rotatable bonds is 6. The van der Waals surface area contributed by atoms with Crippen molar-refractivity contribution in [2.24, 2.45) is 0 Å². The monoisotopic (exact) mass is 463 g/mol. The Balaban J connectivity index is 1.22. The van der Waals surface area contributed by atoms with Gasteiger partial charge in [0, 0.05) is 37.9 Å². The molecule has 7 rings (SSSR count). The molecule has 5 heterocycles. The molecule has 1 amide bonds. The van der Waals surface area contributed by atoms with Gasteiger partial charge in [0.1, 0.15) is 23.7 Å². The van der Waals surface area contributed by atoms with Crippen LogP contribution in [0.25, 0.3) is 10.9 Å². The number of nitrogens with one attached hydrogen (secondary N) is 1. The summed E-state index contributed by atoms with van der Waals surface area (Å²) in [4.78, 5) is 16.0. The zero-order chi connectivity index (χ0) is 23.5. The van der Waals surface area contributed by atoms with Gasteiger partial charge in [0.05, 0.1) is 36.1 Å². The average Bonchev–Trinajstić information content (AvgIpc) is 3.48. The van der Waals surface area contributed by atoms with Crippen molar-refractivity contribution in [1.29, 1.82) is 0 Å². The SMILES string of the molecule is CC(=O)NCC1OC2(C)CC1(n1cc([C@@H](C)Oc3ccc4ncc5c(c4c3)CCOC5)nn1)C2. The smallest absolute Gasteiger partial charge is 0.216 e. The molecular formula is C25H29N5O4. The fourth-order valence-electron chi connectivity index (χ4n) is 5.85. The van der Waals surface area contributed by atoms with E-state index in [-0.39, 0.29) is 29.3 Å². The first-order valence-corrected chi connectivity index (χ1v) is 11.9. The highest BCUT2D eigenvalue weighted by Gasteiger charge is 2.67. The Morgan fingerprint density at radius 2 is 2.24 bits per heavy atom. The largest absolute Gasteiger partial charge is 0.484 e. The lowest BCUT2D eigenvalue weighted by molar-refractivity contribution is -0.119. The third-order valence-corrected chi connectivity index (χ3v) is 7.41. The second-order valence-electron chi connectivity index (χ2n) is 10.0. The first kappa shape index (κ1) is 21.5. The van der Waals surface area contributed by atoms with Crippen molar-refractivity contribution in [3.8, 4) is 5.75 Å². The summed E-state index contributed by atoms with van der Waals surface area (Å²) in [6.45, 7) is 7.41. The van der Waals surface area contributed by atoms with Crippen LogP contribution in [-0.2, 0) is 32.8 Å². The third kappa shape index (κ3) is 3.45. The molecule has 1 saturated carbocycles. The summed E-state index contributed by atoms with van der Waals surface area (Å²) in [7, 11) is 0. The van der Waals surface area contributed by atoms with Crippen LogP contribution in [0.5, 0.6) is 5.75 Å². The number of carbonyl (C=O) groups is 1. The van der Waals surface area contributed by atoms with Crippen LogP contribution >= 0.6 is 0 Å². The average molecular weight is 464 g/mol. The minimum atomic E-state index is -0.280. The van der Waals surface area contributed by atoms with Crippen LogP contribution in [0.3, 0.4) is 0 Å². The van der Waals surface area contributed by atoms with Gasteiger partial charge in [-0.2, -0.15) is 0 Å². The lowest BCUT2D eigenvalue weighted by atomic mass is 9.67. The van der Waals surface area contributed by atoms with E-state index in [1.54, 1.807) is 0 Å². The fraction of sp³-hybridized carbons (Fsp3) is 0.520. The van der Waals surface area contributed by atoms with E-state index in [1.807, 2.05) is 36.1 Å². The zero-order valence-electron chi connectivity index (χ0n) is 19.7. The van der Waals surface area contributed by atoms with Gasteiger partial charge in [0.15, 0.2) is 0 Å². The van der Waals surface area contributed by atoms with Crippen molar-refractivity contribution in [3.05, 3.63) is 47.4 Å². The quantitative estimate of drug-likeness (QED) is 0.600. The van der Waals surface area contributed by atoms with Gasteiger partial charge in [-0.15, -0.1) is 5.10 Å². The molecule has 0 spiro atoms.